The van der Waals surface area contributed by atoms with E-state index in [-0.39, 0.29) is 11.9 Å². The Kier molecular flexibility index (Phi) is 6.04. The highest BCUT2D eigenvalue weighted by molar-refractivity contribution is 5.72. The van der Waals surface area contributed by atoms with E-state index in [4.69, 9.17) is 9.26 Å². The molecule has 4 rings (SSSR count). The van der Waals surface area contributed by atoms with Crippen LogP contribution in [0.3, 0.4) is 0 Å². The van der Waals surface area contributed by atoms with Gasteiger partial charge >= 0.3 is 5.97 Å². The van der Waals surface area contributed by atoms with Gasteiger partial charge in [-0.3, -0.25) is 9.78 Å². The summed E-state index contributed by atoms with van der Waals surface area (Å²) in [6, 6.07) is 5.49. The van der Waals surface area contributed by atoms with Crippen LogP contribution < -0.4 is 4.90 Å². The molecule has 0 aliphatic carbocycles. The van der Waals surface area contributed by atoms with Crippen LogP contribution in [0.1, 0.15) is 25.2 Å². The standard InChI is InChI=1S/C20H22N6O3/c27-19(15-6-11-26(12-7-15)20-22-9-3-10-23-20)28-13-2-5-17-24-18(25-29-17)16-4-1-8-21-14-16/h1,3-4,8-10,14-15H,2,5-7,11-13H2. The quantitative estimate of drug-likeness (QED) is 0.440. The molecule has 4 heterocycles. The third kappa shape index (κ3) is 4.92. The molecule has 0 amide bonds. The lowest BCUT2D eigenvalue weighted by Crippen LogP contribution is -2.37. The van der Waals surface area contributed by atoms with Crippen LogP contribution in [0.15, 0.2) is 47.5 Å². The van der Waals surface area contributed by atoms with Crippen LogP contribution >= 0.6 is 0 Å². The Morgan fingerprint density at radius 2 is 2.00 bits per heavy atom. The Balaban J connectivity index is 1.17. The van der Waals surface area contributed by atoms with Crippen LogP contribution in [0.2, 0.25) is 0 Å². The van der Waals surface area contributed by atoms with Gasteiger partial charge < -0.3 is 14.2 Å². The molecule has 1 aliphatic rings. The molecule has 150 valence electrons. The lowest BCUT2D eigenvalue weighted by atomic mass is 9.97. The molecule has 3 aromatic rings. The van der Waals surface area contributed by atoms with Crippen molar-refractivity contribution in [1.82, 2.24) is 25.1 Å². The summed E-state index contributed by atoms with van der Waals surface area (Å²) in [4.78, 5) is 31.3. The Labute approximate surface area is 168 Å². The molecule has 0 unspecified atom stereocenters. The molecule has 3 aromatic heterocycles. The molecule has 0 aromatic carbocycles. The molecule has 9 nitrogen and oxygen atoms in total. The van der Waals surface area contributed by atoms with E-state index in [1.165, 1.54) is 0 Å². The van der Waals surface area contributed by atoms with Crippen molar-refractivity contribution in [2.45, 2.75) is 25.7 Å². The number of carbonyl (C=O) groups excluding carboxylic acids is 1. The number of hydrogen-bond donors (Lipinski definition) is 0. The second-order valence-electron chi connectivity index (χ2n) is 6.83. The summed E-state index contributed by atoms with van der Waals surface area (Å²) < 4.78 is 10.7. The van der Waals surface area contributed by atoms with Crippen LogP contribution in [0.25, 0.3) is 11.4 Å². The Morgan fingerprint density at radius 3 is 2.76 bits per heavy atom. The van der Waals surface area contributed by atoms with Crippen LogP contribution in [0.5, 0.6) is 0 Å². The zero-order valence-electron chi connectivity index (χ0n) is 16.0. The van der Waals surface area contributed by atoms with Gasteiger partial charge in [0.25, 0.3) is 0 Å². The van der Waals surface area contributed by atoms with Crippen molar-refractivity contribution in [2.75, 3.05) is 24.6 Å². The molecule has 0 radical (unpaired) electrons. The summed E-state index contributed by atoms with van der Waals surface area (Å²) in [5.41, 5.74) is 0.807. The SMILES string of the molecule is O=C(OCCCc1nc(-c2cccnc2)no1)C1CCN(c2ncccn2)CC1. The van der Waals surface area contributed by atoms with Crippen molar-refractivity contribution in [3.8, 4) is 11.4 Å². The molecular weight excluding hydrogens is 372 g/mol. The van der Waals surface area contributed by atoms with Crippen LogP contribution in [-0.2, 0) is 16.0 Å². The van der Waals surface area contributed by atoms with Gasteiger partial charge in [-0.2, -0.15) is 4.98 Å². The van der Waals surface area contributed by atoms with Crippen molar-refractivity contribution in [3.05, 3.63) is 48.9 Å². The number of esters is 1. The molecule has 29 heavy (non-hydrogen) atoms. The van der Waals surface area contributed by atoms with E-state index in [0.29, 0.717) is 37.1 Å². The maximum atomic E-state index is 12.3. The smallest absolute Gasteiger partial charge is 0.309 e. The number of nitrogens with zero attached hydrogens (tertiary/aromatic N) is 6. The molecule has 1 aliphatic heterocycles. The van der Waals surface area contributed by atoms with Gasteiger partial charge in [0.2, 0.25) is 17.7 Å². The van der Waals surface area contributed by atoms with E-state index in [0.717, 1.165) is 31.5 Å². The van der Waals surface area contributed by atoms with E-state index in [1.807, 2.05) is 12.1 Å². The van der Waals surface area contributed by atoms with Crippen molar-refractivity contribution in [2.24, 2.45) is 5.92 Å². The number of rotatable bonds is 7. The first kappa shape index (κ1) is 19.0. The monoisotopic (exact) mass is 394 g/mol. The highest BCUT2D eigenvalue weighted by Crippen LogP contribution is 2.21. The van der Waals surface area contributed by atoms with E-state index >= 15 is 0 Å². The van der Waals surface area contributed by atoms with Gasteiger partial charge in [0, 0.05) is 49.9 Å². The summed E-state index contributed by atoms with van der Waals surface area (Å²) in [5, 5.41) is 3.96. The Hall–Kier alpha value is -3.36. The van der Waals surface area contributed by atoms with Crippen LogP contribution in [0, 0.1) is 5.92 Å². The van der Waals surface area contributed by atoms with Gasteiger partial charge in [0.05, 0.1) is 12.5 Å². The fourth-order valence-electron chi connectivity index (χ4n) is 3.25. The number of aromatic nitrogens is 5. The lowest BCUT2D eigenvalue weighted by molar-refractivity contribution is -0.149. The largest absolute Gasteiger partial charge is 0.465 e. The number of anilines is 1. The number of piperidine rings is 1. The van der Waals surface area contributed by atoms with Gasteiger partial charge in [-0.05, 0) is 37.5 Å². The maximum absolute atomic E-state index is 12.3. The van der Waals surface area contributed by atoms with Gasteiger partial charge in [-0.15, -0.1) is 0 Å². The van der Waals surface area contributed by atoms with E-state index < -0.39 is 0 Å². The minimum Gasteiger partial charge on any atom is -0.465 e. The molecule has 1 fully saturated rings. The maximum Gasteiger partial charge on any atom is 0.309 e. The fourth-order valence-corrected chi connectivity index (χ4v) is 3.25. The highest BCUT2D eigenvalue weighted by Gasteiger charge is 2.27. The van der Waals surface area contributed by atoms with Gasteiger partial charge in [0.15, 0.2) is 0 Å². The zero-order chi connectivity index (χ0) is 19.9. The lowest BCUT2D eigenvalue weighted by Gasteiger charge is -2.30. The number of pyridine rings is 1. The second kappa shape index (κ2) is 9.22. The summed E-state index contributed by atoms with van der Waals surface area (Å²) in [7, 11) is 0. The zero-order valence-corrected chi connectivity index (χ0v) is 16.0. The summed E-state index contributed by atoms with van der Waals surface area (Å²) in [6.45, 7) is 1.84. The van der Waals surface area contributed by atoms with Crippen molar-refractivity contribution >= 4 is 11.9 Å². The van der Waals surface area contributed by atoms with Crippen LogP contribution in [-0.4, -0.2) is 50.8 Å². The molecule has 0 bridgehead atoms. The number of carbonyl (C=O) groups is 1. The minimum absolute atomic E-state index is 0.0736. The fraction of sp³-hybridized carbons (Fsp3) is 0.400. The number of aryl methyl sites for hydroxylation is 1. The first-order valence-electron chi connectivity index (χ1n) is 9.71. The van der Waals surface area contributed by atoms with Crippen molar-refractivity contribution in [3.63, 3.8) is 0 Å². The van der Waals surface area contributed by atoms with Gasteiger partial charge in [-0.1, -0.05) is 5.16 Å². The topological polar surface area (TPSA) is 107 Å². The Morgan fingerprint density at radius 1 is 1.17 bits per heavy atom. The molecule has 0 N–H and O–H groups in total. The molecule has 0 spiro atoms. The Bertz CT molecular complexity index is 910. The summed E-state index contributed by atoms with van der Waals surface area (Å²) in [6.07, 6.45) is 9.52. The van der Waals surface area contributed by atoms with Crippen molar-refractivity contribution < 1.29 is 14.1 Å². The third-order valence-electron chi connectivity index (χ3n) is 4.83. The molecule has 0 atom stereocenters. The van der Waals surface area contributed by atoms with E-state index in [1.54, 1.807) is 30.9 Å². The third-order valence-corrected chi connectivity index (χ3v) is 4.83. The summed E-state index contributed by atoms with van der Waals surface area (Å²) in [5.74, 6) is 1.54. The van der Waals surface area contributed by atoms with Gasteiger partial charge in [-0.25, -0.2) is 9.97 Å². The van der Waals surface area contributed by atoms with Gasteiger partial charge in [0.1, 0.15) is 0 Å². The van der Waals surface area contributed by atoms with E-state index in [2.05, 4.69) is 30.0 Å². The first-order chi connectivity index (χ1) is 14.3. The predicted octanol–water partition coefficient (Wildman–Crippen LogP) is 2.31. The first-order valence-corrected chi connectivity index (χ1v) is 9.71. The second-order valence-corrected chi connectivity index (χ2v) is 6.83. The molecule has 9 heteroatoms. The number of ether oxygens (including phenoxy) is 1. The summed E-state index contributed by atoms with van der Waals surface area (Å²) >= 11 is 0. The van der Waals surface area contributed by atoms with E-state index in [9.17, 15) is 4.79 Å². The minimum atomic E-state index is -0.139. The van der Waals surface area contributed by atoms with Crippen molar-refractivity contribution in [1.29, 1.82) is 0 Å². The predicted molar refractivity (Wildman–Crippen MR) is 104 cm³/mol. The average Bonchev–Trinajstić information content (AvgIpc) is 3.27. The molecular formula is C20H22N6O3. The molecule has 0 saturated carbocycles. The normalized spacial score (nSPS) is 14.7. The van der Waals surface area contributed by atoms with Crippen LogP contribution in [0.4, 0.5) is 5.95 Å². The average molecular weight is 394 g/mol. The highest BCUT2D eigenvalue weighted by atomic mass is 16.5. The molecule has 1 saturated heterocycles. The number of hydrogen-bond acceptors (Lipinski definition) is 9.